The Bertz CT molecular complexity index is 505. The van der Waals surface area contributed by atoms with Gasteiger partial charge in [0.05, 0.1) is 5.69 Å². The smallest absolute Gasteiger partial charge is 0.150 e. The number of halogens is 1. The number of nitrogens with one attached hydrogen (secondary N) is 2. The molecular formula is C13H16ClN3. The largest absolute Gasteiger partial charge is 0.341 e. The van der Waals surface area contributed by atoms with E-state index >= 15 is 0 Å². The second kappa shape index (κ2) is 5.34. The third kappa shape index (κ3) is 2.87. The number of aromatic nitrogens is 2. The van der Waals surface area contributed by atoms with E-state index in [4.69, 9.17) is 11.6 Å². The van der Waals surface area contributed by atoms with Crippen LogP contribution in [0.4, 0.5) is 0 Å². The Morgan fingerprint density at radius 1 is 1.41 bits per heavy atom. The average Bonchev–Trinajstić information content (AvgIpc) is 2.68. The molecule has 90 valence electrons. The molecule has 2 N–H and O–H groups in total. The lowest BCUT2D eigenvalue weighted by Gasteiger charge is -1.98. The van der Waals surface area contributed by atoms with Gasteiger partial charge in [-0.1, -0.05) is 35.4 Å². The summed E-state index contributed by atoms with van der Waals surface area (Å²) in [6.07, 6.45) is 0.855. The molecule has 0 saturated heterocycles. The Labute approximate surface area is 106 Å². The molecule has 0 fully saturated rings. The van der Waals surface area contributed by atoms with E-state index in [1.54, 1.807) is 0 Å². The van der Waals surface area contributed by atoms with Crippen LogP contribution >= 0.6 is 11.6 Å². The van der Waals surface area contributed by atoms with Crippen molar-refractivity contribution in [3.63, 3.8) is 0 Å². The number of hydrogen-bond donors (Lipinski definition) is 2. The lowest BCUT2D eigenvalue weighted by atomic mass is 10.1. The highest BCUT2D eigenvalue weighted by Crippen LogP contribution is 2.22. The monoisotopic (exact) mass is 249 g/mol. The summed E-state index contributed by atoms with van der Waals surface area (Å²) in [5.41, 5.74) is 3.27. The first kappa shape index (κ1) is 12.1. The van der Waals surface area contributed by atoms with Crippen molar-refractivity contribution in [3.8, 4) is 11.4 Å². The van der Waals surface area contributed by atoms with Crippen LogP contribution in [0.2, 0.25) is 5.15 Å². The molecule has 0 saturated carbocycles. The molecule has 4 heteroatoms. The fourth-order valence-electron chi connectivity index (χ4n) is 1.73. The van der Waals surface area contributed by atoms with E-state index in [1.165, 1.54) is 5.56 Å². The van der Waals surface area contributed by atoms with Crippen LogP contribution in [0.5, 0.6) is 0 Å². The van der Waals surface area contributed by atoms with Crippen molar-refractivity contribution < 1.29 is 0 Å². The Hall–Kier alpha value is -1.32. The minimum atomic E-state index is 0.566. The van der Waals surface area contributed by atoms with Crippen LogP contribution in [-0.2, 0) is 6.42 Å². The Kier molecular flexibility index (Phi) is 3.82. The minimum Gasteiger partial charge on any atom is -0.341 e. The number of aryl methyl sites for hydroxylation is 1. The van der Waals surface area contributed by atoms with Gasteiger partial charge in [-0.3, -0.25) is 0 Å². The number of aromatic amines is 1. The van der Waals surface area contributed by atoms with Gasteiger partial charge in [0, 0.05) is 18.5 Å². The second-order valence-electron chi connectivity index (χ2n) is 4.08. The molecule has 3 nitrogen and oxygen atoms in total. The van der Waals surface area contributed by atoms with Gasteiger partial charge < -0.3 is 10.3 Å². The van der Waals surface area contributed by atoms with Crippen LogP contribution < -0.4 is 5.32 Å². The summed E-state index contributed by atoms with van der Waals surface area (Å²) in [4.78, 5) is 7.63. The van der Waals surface area contributed by atoms with Gasteiger partial charge in [0.1, 0.15) is 5.82 Å². The second-order valence-corrected chi connectivity index (χ2v) is 4.44. The summed E-state index contributed by atoms with van der Waals surface area (Å²) >= 11 is 6.10. The standard InChI is InChI=1S/C13H16ClN3/c1-9-4-3-5-10(8-9)13-16-11(6-7-15-2)12(14)17-13/h3-5,8,15H,6-7H2,1-2H3,(H,16,17). The fourth-order valence-corrected chi connectivity index (χ4v) is 1.96. The number of benzene rings is 1. The molecule has 1 aromatic carbocycles. The van der Waals surface area contributed by atoms with E-state index in [0.717, 1.165) is 30.0 Å². The van der Waals surface area contributed by atoms with E-state index in [0.29, 0.717) is 5.15 Å². The van der Waals surface area contributed by atoms with E-state index < -0.39 is 0 Å². The summed E-state index contributed by atoms with van der Waals surface area (Å²) in [7, 11) is 1.92. The number of likely N-dealkylation sites (N-methyl/N-ethyl adjacent to an activating group) is 1. The fraction of sp³-hybridized carbons (Fsp3) is 0.308. The Morgan fingerprint density at radius 3 is 2.94 bits per heavy atom. The molecular weight excluding hydrogens is 234 g/mol. The molecule has 0 spiro atoms. The molecule has 0 bridgehead atoms. The zero-order valence-electron chi connectivity index (χ0n) is 10.0. The van der Waals surface area contributed by atoms with Crippen LogP contribution in [0.15, 0.2) is 24.3 Å². The van der Waals surface area contributed by atoms with E-state index in [-0.39, 0.29) is 0 Å². The lowest BCUT2D eigenvalue weighted by molar-refractivity contribution is 0.780. The molecule has 0 aliphatic carbocycles. The van der Waals surface area contributed by atoms with Crippen LogP contribution in [-0.4, -0.2) is 23.6 Å². The average molecular weight is 250 g/mol. The maximum atomic E-state index is 6.10. The summed E-state index contributed by atoms with van der Waals surface area (Å²) in [6.45, 7) is 2.95. The molecule has 1 aromatic heterocycles. The normalized spacial score (nSPS) is 10.8. The molecule has 0 amide bonds. The molecule has 17 heavy (non-hydrogen) atoms. The zero-order valence-corrected chi connectivity index (χ0v) is 10.8. The predicted octanol–water partition coefficient (Wildman–Crippen LogP) is 2.80. The highest BCUT2D eigenvalue weighted by Gasteiger charge is 2.09. The number of imidazole rings is 1. The number of H-pyrrole nitrogens is 1. The predicted molar refractivity (Wildman–Crippen MR) is 71.4 cm³/mol. The van der Waals surface area contributed by atoms with Gasteiger partial charge in [-0.05, 0) is 20.0 Å². The molecule has 0 aliphatic heterocycles. The quantitative estimate of drug-likeness (QED) is 0.875. The maximum absolute atomic E-state index is 6.10. The maximum Gasteiger partial charge on any atom is 0.150 e. The van der Waals surface area contributed by atoms with Crippen molar-refractivity contribution in [1.29, 1.82) is 0 Å². The van der Waals surface area contributed by atoms with E-state index in [1.807, 2.05) is 19.2 Å². The molecule has 0 aliphatic rings. The molecule has 0 unspecified atom stereocenters. The highest BCUT2D eigenvalue weighted by molar-refractivity contribution is 6.30. The third-order valence-electron chi connectivity index (χ3n) is 2.64. The van der Waals surface area contributed by atoms with Crippen LogP contribution in [0.1, 0.15) is 11.3 Å². The number of rotatable bonds is 4. The lowest BCUT2D eigenvalue weighted by Crippen LogP contribution is -2.10. The zero-order chi connectivity index (χ0) is 12.3. The Balaban J connectivity index is 2.28. The summed E-state index contributed by atoms with van der Waals surface area (Å²) in [6, 6.07) is 8.21. The first-order valence-electron chi connectivity index (χ1n) is 5.66. The molecule has 2 aromatic rings. The van der Waals surface area contributed by atoms with Crippen molar-refractivity contribution in [1.82, 2.24) is 15.3 Å². The molecule has 0 atom stereocenters. The van der Waals surface area contributed by atoms with Gasteiger partial charge in [-0.2, -0.15) is 0 Å². The van der Waals surface area contributed by atoms with Crippen molar-refractivity contribution in [3.05, 3.63) is 40.7 Å². The van der Waals surface area contributed by atoms with Crippen LogP contribution in [0, 0.1) is 6.92 Å². The number of hydrogen-bond acceptors (Lipinski definition) is 2. The topological polar surface area (TPSA) is 40.7 Å². The molecule has 0 radical (unpaired) electrons. The van der Waals surface area contributed by atoms with Crippen molar-refractivity contribution >= 4 is 11.6 Å². The SMILES string of the molecule is CNCCc1[nH]c(-c2cccc(C)c2)nc1Cl. The van der Waals surface area contributed by atoms with Gasteiger partial charge in [-0.15, -0.1) is 0 Å². The van der Waals surface area contributed by atoms with Crippen molar-refractivity contribution in [2.24, 2.45) is 0 Å². The Morgan fingerprint density at radius 2 is 2.24 bits per heavy atom. The van der Waals surface area contributed by atoms with Gasteiger partial charge in [0.2, 0.25) is 0 Å². The first-order valence-corrected chi connectivity index (χ1v) is 6.04. The molecule has 1 heterocycles. The van der Waals surface area contributed by atoms with Crippen molar-refractivity contribution in [2.75, 3.05) is 13.6 Å². The van der Waals surface area contributed by atoms with Gasteiger partial charge in [-0.25, -0.2) is 4.98 Å². The minimum absolute atomic E-state index is 0.566. The first-order chi connectivity index (χ1) is 8.20. The molecule has 2 rings (SSSR count). The number of nitrogens with zero attached hydrogens (tertiary/aromatic N) is 1. The van der Waals surface area contributed by atoms with E-state index in [9.17, 15) is 0 Å². The highest BCUT2D eigenvalue weighted by atomic mass is 35.5. The third-order valence-corrected chi connectivity index (χ3v) is 2.96. The van der Waals surface area contributed by atoms with Gasteiger partial charge >= 0.3 is 0 Å². The summed E-state index contributed by atoms with van der Waals surface area (Å²) in [5.74, 6) is 0.838. The summed E-state index contributed by atoms with van der Waals surface area (Å²) in [5, 5.41) is 3.66. The van der Waals surface area contributed by atoms with Crippen molar-refractivity contribution in [2.45, 2.75) is 13.3 Å². The van der Waals surface area contributed by atoms with E-state index in [2.05, 4.69) is 34.3 Å². The van der Waals surface area contributed by atoms with Gasteiger partial charge in [0.15, 0.2) is 5.15 Å². The van der Waals surface area contributed by atoms with Crippen LogP contribution in [0.25, 0.3) is 11.4 Å². The van der Waals surface area contributed by atoms with Crippen LogP contribution in [0.3, 0.4) is 0 Å². The van der Waals surface area contributed by atoms with Gasteiger partial charge in [0.25, 0.3) is 0 Å². The summed E-state index contributed by atoms with van der Waals surface area (Å²) < 4.78 is 0.